The second kappa shape index (κ2) is 10.8. The van der Waals surface area contributed by atoms with E-state index in [1.165, 1.54) is 27.9 Å². The first-order valence-electron chi connectivity index (χ1n) is 11.7. The first-order chi connectivity index (χ1) is 17.2. The van der Waals surface area contributed by atoms with E-state index < -0.39 is 26.1 Å². The van der Waals surface area contributed by atoms with Crippen LogP contribution in [0, 0.1) is 0 Å². The maximum absolute atomic E-state index is 13.9. The summed E-state index contributed by atoms with van der Waals surface area (Å²) in [4.78, 5) is 0.243. The Hall–Kier alpha value is -2.59. The third-order valence-corrected chi connectivity index (χ3v) is 10.7. The number of anilines is 1. The number of halogens is 1. The summed E-state index contributed by atoms with van der Waals surface area (Å²) in [5.41, 5.74) is 1.50. The Balaban J connectivity index is 1.65. The Labute approximate surface area is 218 Å². The van der Waals surface area contributed by atoms with E-state index in [1.807, 2.05) is 19.1 Å². The molecule has 10 heteroatoms. The van der Waals surface area contributed by atoms with Crippen molar-refractivity contribution in [2.24, 2.45) is 0 Å². The number of ether oxygens (including phenoxy) is 1. The number of nitrogens with zero attached hydrogens (tertiary/aromatic N) is 2. The topological polar surface area (TPSA) is 84.0 Å². The van der Waals surface area contributed by atoms with Crippen molar-refractivity contribution in [2.45, 2.75) is 42.0 Å². The smallest absolute Gasteiger partial charge is 0.266 e. The van der Waals surface area contributed by atoms with E-state index in [0.29, 0.717) is 24.3 Å². The van der Waals surface area contributed by atoms with Gasteiger partial charge in [0.25, 0.3) is 10.0 Å². The Morgan fingerprint density at radius 3 is 2.22 bits per heavy atom. The molecule has 1 saturated heterocycles. The van der Waals surface area contributed by atoms with Crippen molar-refractivity contribution < 1.29 is 21.6 Å². The van der Waals surface area contributed by atoms with Gasteiger partial charge in [-0.2, -0.15) is 4.31 Å². The van der Waals surface area contributed by atoms with Crippen LogP contribution in [0.1, 0.15) is 25.3 Å². The summed E-state index contributed by atoms with van der Waals surface area (Å²) in [6, 6.07) is 19.6. The van der Waals surface area contributed by atoms with Crippen molar-refractivity contribution >= 4 is 37.3 Å². The van der Waals surface area contributed by atoms with Gasteiger partial charge < -0.3 is 4.74 Å². The second-order valence-corrected chi connectivity index (χ2v) is 12.7. The van der Waals surface area contributed by atoms with Crippen LogP contribution < -0.4 is 9.04 Å². The minimum Gasteiger partial charge on any atom is -0.497 e. The standard InChI is InChI=1S/C26H29ClN2O5S2/c1-3-20-11-13-24(14-12-20)35(30,31)28-17-15-21(16-18-28)29(22-7-6-8-23(19-22)34-2)36(32,33)26-10-5-4-9-25(26)27/h4-14,19,21H,3,15-18H2,1-2H3. The summed E-state index contributed by atoms with van der Waals surface area (Å²) in [7, 11) is -6.21. The molecule has 0 atom stereocenters. The number of piperidine rings is 1. The van der Waals surface area contributed by atoms with Gasteiger partial charge in [0, 0.05) is 25.2 Å². The fourth-order valence-electron chi connectivity index (χ4n) is 4.42. The zero-order valence-corrected chi connectivity index (χ0v) is 22.6. The highest BCUT2D eigenvalue weighted by atomic mass is 35.5. The van der Waals surface area contributed by atoms with Crippen LogP contribution in [-0.4, -0.2) is 47.4 Å². The van der Waals surface area contributed by atoms with Gasteiger partial charge in [0.05, 0.1) is 22.7 Å². The molecule has 1 heterocycles. The van der Waals surface area contributed by atoms with Crippen LogP contribution in [0.2, 0.25) is 5.02 Å². The van der Waals surface area contributed by atoms with Gasteiger partial charge in [-0.05, 0) is 61.2 Å². The predicted molar refractivity (Wildman–Crippen MR) is 142 cm³/mol. The fraction of sp³-hybridized carbons (Fsp3) is 0.308. The highest BCUT2D eigenvalue weighted by Crippen LogP contribution is 2.35. The summed E-state index contributed by atoms with van der Waals surface area (Å²) >= 11 is 6.29. The zero-order valence-electron chi connectivity index (χ0n) is 20.2. The van der Waals surface area contributed by atoms with E-state index >= 15 is 0 Å². The van der Waals surface area contributed by atoms with Crippen LogP contribution in [-0.2, 0) is 26.5 Å². The quantitative estimate of drug-likeness (QED) is 0.397. The average Bonchev–Trinajstić information content (AvgIpc) is 2.89. The van der Waals surface area contributed by atoms with Crippen LogP contribution in [0.3, 0.4) is 0 Å². The lowest BCUT2D eigenvalue weighted by atomic mass is 10.1. The number of aryl methyl sites for hydroxylation is 1. The summed E-state index contributed by atoms with van der Waals surface area (Å²) in [5, 5.41) is 0.126. The Morgan fingerprint density at radius 2 is 1.61 bits per heavy atom. The minimum atomic E-state index is -4.04. The van der Waals surface area contributed by atoms with Crippen LogP contribution >= 0.6 is 11.6 Å². The largest absolute Gasteiger partial charge is 0.497 e. The van der Waals surface area contributed by atoms with Crippen LogP contribution in [0.5, 0.6) is 5.75 Å². The minimum absolute atomic E-state index is 0.000511. The monoisotopic (exact) mass is 548 g/mol. The first kappa shape index (κ1) is 26.5. The van der Waals surface area contributed by atoms with E-state index in [4.69, 9.17) is 16.3 Å². The van der Waals surface area contributed by atoms with E-state index in [0.717, 1.165) is 12.0 Å². The molecule has 1 aliphatic heterocycles. The maximum Gasteiger partial charge on any atom is 0.266 e. The lowest BCUT2D eigenvalue weighted by molar-refractivity contribution is 0.320. The van der Waals surface area contributed by atoms with E-state index in [1.54, 1.807) is 48.5 Å². The van der Waals surface area contributed by atoms with Gasteiger partial charge in [-0.3, -0.25) is 4.31 Å². The highest BCUT2D eigenvalue weighted by molar-refractivity contribution is 7.93. The normalized spacial score (nSPS) is 15.5. The van der Waals surface area contributed by atoms with Crippen molar-refractivity contribution in [1.29, 1.82) is 0 Å². The Bertz CT molecular complexity index is 1420. The SMILES string of the molecule is CCc1ccc(S(=O)(=O)N2CCC(N(c3cccc(OC)c3)S(=O)(=O)c3ccccc3Cl)CC2)cc1. The third-order valence-electron chi connectivity index (χ3n) is 6.41. The molecule has 0 aliphatic carbocycles. The van der Waals surface area contributed by atoms with E-state index in [-0.39, 0.29) is 27.9 Å². The molecule has 0 amide bonds. The molecule has 0 N–H and O–H groups in total. The van der Waals surface area contributed by atoms with Crippen LogP contribution in [0.25, 0.3) is 0 Å². The summed E-state index contributed by atoms with van der Waals surface area (Å²) in [6.07, 6.45) is 1.48. The summed E-state index contributed by atoms with van der Waals surface area (Å²) in [5.74, 6) is 0.516. The summed E-state index contributed by atoms with van der Waals surface area (Å²) in [6.45, 7) is 2.40. The van der Waals surface area contributed by atoms with Gasteiger partial charge in [0.1, 0.15) is 10.6 Å². The van der Waals surface area contributed by atoms with E-state index in [2.05, 4.69) is 0 Å². The van der Waals surface area contributed by atoms with Crippen LogP contribution in [0.15, 0.2) is 82.6 Å². The molecule has 4 rings (SSSR count). The molecular formula is C26H29ClN2O5S2. The van der Waals surface area contributed by atoms with Gasteiger partial charge in [-0.15, -0.1) is 0 Å². The molecule has 3 aromatic rings. The van der Waals surface area contributed by atoms with Gasteiger partial charge in [-0.25, -0.2) is 16.8 Å². The molecule has 7 nitrogen and oxygen atoms in total. The fourth-order valence-corrected chi connectivity index (χ4v) is 8.09. The molecular weight excluding hydrogens is 520 g/mol. The maximum atomic E-state index is 13.9. The number of sulfonamides is 2. The van der Waals surface area contributed by atoms with Crippen molar-refractivity contribution in [2.75, 3.05) is 24.5 Å². The predicted octanol–water partition coefficient (Wildman–Crippen LogP) is 4.96. The molecule has 0 radical (unpaired) electrons. The lowest BCUT2D eigenvalue weighted by Crippen LogP contribution is -2.49. The number of hydrogen-bond donors (Lipinski definition) is 0. The van der Waals surface area contributed by atoms with Crippen molar-refractivity contribution in [3.05, 3.63) is 83.4 Å². The van der Waals surface area contributed by atoms with Gasteiger partial charge >= 0.3 is 0 Å². The molecule has 1 aliphatic rings. The molecule has 0 saturated carbocycles. The van der Waals surface area contributed by atoms with Crippen molar-refractivity contribution in [1.82, 2.24) is 4.31 Å². The lowest BCUT2D eigenvalue weighted by Gasteiger charge is -2.38. The zero-order chi connectivity index (χ0) is 25.9. The Morgan fingerprint density at radius 1 is 0.944 bits per heavy atom. The molecule has 0 unspecified atom stereocenters. The third kappa shape index (κ3) is 5.25. The van der Waals surface area contributed by atoms with Crippen LogP contribution in [0.4, 0.5) is 5.69 Å². The molecule has 3 aromatic carbocycles. The van der Waals surface area contributed by atoms with E-state index in [9.17, 15) is 16.8 Å². The average molecular weight is 549 g/mol. The molecule has 0 spiro atoms. The van der Waals surface area contributed by atoms with Gasteiger partial charge in [0.2, 0.25) is 10.0 Å². The molecule has 192 valence electrons. The van der Waals surface area contributed by atoms with Crippen molar-refractivity contribution in [3.63, 3.8) is 0 Å². The Kier molecular flexibility index (Phi) is 7.94. The van der Waals surface area contributed by atoms with Gasteiger partial charge in [-0.1, -0.05) is 48.9 Å². The number of benzene rings is 3. The summed E-state index contributed by atoms with van der Waals surface area (Å²) < 4.78 is 62.4. The molecule has 0 aromatic heterocycles. The number of hydrogen-bond acceptors (Lipinski definition) is 5. The molecule has 36 heavy (non-hydrogen) atoms. The number of methoxy groups -OCH3 is 1. The molecule has 0 bridgehead atoms. The molecule has 1 fully saturated rings. The number of rotatable bonds is 8. The van der Waals surface area contributed by atoms with Crippen molar-refractivity contribution in [3.8, 4) is 5.75 Å². The second-order valence-electron chi connectivity index (χ2n) is 8.57. The highest BCUT2D eigenvalue weighted by Gasteiger charge is 2.38. The van der Waals surface area contributed by atoms with Gasteiger partial charge in [0.15, 0.2) is 0 Å². The first-order valence-corrected chi connectivity index (χ1v) is 15.0.